The first-order chi connectivity index (χ1) is 14.1. The average molecular weight is 394 g/mol. The third-order valence-corrected chi connectivity index (χ3v) is 4.71. The van der Waals surface area contributed by atoms with Gasteiger partial charge in [-0.15, -0.1) is 0 Å². The second-order valence-corrected chi connectivity index (χ2v) is 7.05. The first kappa shape index (κ1) is 18.8. The molecule has 3 N–H and O–H groups in total. The maximum atomic E-state index is 12.3. The largest absolute Gasteiger partial charge is 0.482 e. The molecule has 2 aromatic rings. The maximum Gasteiger partial charge on any atom is 0.319 e. The van der Waals surface area contributed by atoms with Gasteiger partial charge in [0.2, 0.25) is 5.91 Å². The van der Waals surface area contributed by atoms with Gasteiger partial charge >= 0.3 is 6.03 Å². The third kappa shape index (κ3) is 4.84. The number of amides is 4. The molecule has 4 amide bonds. The quantitative estimate of drug-likeness (QED) is 0.701. The molecular weight excluding hydrogens is 372 g/mol. The van der Waals surface area contributed by atoms with Crippen molar-refractivity contribution in [2.24, 2.45) is 0 Å². The average Bonchev–Trinajstić information content (AvgIpc) is 3.52. The number of carbonyl (C=O) groups excluding carboxylic acids is 3. The van der Waals surface area contributed by atoms with E-state index in [1.165, 1.54) is 0 Å². The highest BCUT2D eigenvalue weighted by Crippen LogP contribution is 2.31. The zero-order chi connectivity index (χ0) is 20.2. The van der Waals surface area contributed by atoms with E-state index in [1.807, 2.05) is 12.1 Å². The molecule has 0 saturated heterocycles. The van der Waals surface area contributed by atoms with Gasteiger partial charge in [0.15, 0.2) is 6.61 Å². The van der Waals surface area contributed by atoms with Crippen LogP contribution in [0.2, 0.25) is 0 Å². The summed E-state index contributed by atoms with van der Waals surface area (Å²) in [6.45, 7) is 0.243. The van der Waals surface area contributed by atoms with Crippen molar-refractivity contribution in [3.8, 4) is 5.75 Å². The zero-order valence-corrected chi connectivity index (χ0v) is 15.8. The van der Waals surface area contributed by atoms with Gasteiger partial charge in [-0.1, -0.05) is 12.1 Å². The Morgan fingerprint density at radius 2 is 1.69 bits per heavy atom. The summed E-state index contributed by atoms with van der Waals surface area (Å²) in [7, 11) is 0. The summed E-state index contributed by atoms with van der Waals surface area (Å²) in [5.41, 5.74) is 1.95. The van der Waals surface area contributed by atoms with Crippen LogP contribution in [0.25, 0.3) is 0 Å². The summed E-state index contributed by atoms with van der Waals surface area (Å²) < 4.78 is 5.41. The molecule has 1 aliphatic carbocycles. The first-order valence-electron chi connectivity index (χ1n) is 9.58. The van der Waals surface area contributed by atoms with Crippen LogP contribution in [0.3, 0.4) is 0 Å². The Morgan fingerprint density at radius 1 is 1.00 bits per heavy atom. The van der Waals surface area contributed by atoms with Crippen molar-refractivity contribution in [1.29, 1.82) is 0 Å². The normalized spacial score (nSPS) is 15.2. The van der Waals surface area contributed by atoms with Gasteiger partial charge in [-0.3, -0.25) is 9.59 Å². The van der Waals surface area contributed by atoms with Crippen LogP contribution in [0.1, 0.15) is 19.3 Å². The fraction of sp³-hybridized carbons (Fsp3) is 0.286. The number of hydrogen-bond donors (Lipinski definition) is 3. The lowest BCUT2D eigenvalue weighted by atomic mass is 10.2. The summed E-state index contributed by atoms with van der Waals surface area (Å²) in [6.07, 6.45) is 2.21. The van der Waals surface area contributed by atoms with Crippen LogP contribution in [-0.4, -0.2) is 37.0 Å². The number of fused-ring (bicyclic) bond motifs is 1. The number of carbonyl (C=O) groups is 3. The summed E-state index contributed by atoms with van der Waals surface area (Å²) in [5, 5.41) is 8.41. The maximum absolute atomic E-state index is 12.3. The van der Waals surface area contributed by atoms with Gasteiger partial charge in [-0.2, -0.15) is 0 Å². The number of benzene rings is 2. The van der Waals surface area contributed by atoms with Gasteiger partial charge in [-0.05, 0) is 49.2 Å². The summed E-state index contributed by atoms with van der Waals surface area (Å²) in [5.74, 6) is 0.270. The lowest BCUT2D eigenvalue weighted by Crippen LogP contribution is -2.40. The van der Waals surface area contributed by atoms with E-state index in [2.05, 4.69) is 16.0 Å². The lowest BCUT2D eigenvalue weighted by molar-refractivity contribution is -0.121. The molecule has 8 nitrogen and oxygen atoms in total. The Kier molecular flexibility index (Phi) is 5.33. The number of ether oxygens (including phenoxy) is 1. The number of nitrogens with zero attached hydrogens (tertiary/aromatic N) is 1. The van der Waals surface area contributed by atoms with E-state index in [4.69, 9.17) is 4.74 Å². The second kappa shape index (κ2) is 8.22. The number of urea groups is 1. The van der Waals surface area contributed by atoms with Crippen LogP contribution in [0.15, 0.2) is 48.5 Å². The number of rotatable bonds is 6. The fourth-order valence-corrected chi connectivity index (χ4v) is 3.05. The molecule has 0 unspecified atom stereocenters. The predicted octanol–water partition coefficient (Wildman–Crippen LogP) is 2.72. The van der Waals surface area contributed by atoms with Crippen LogP contribution in [0.5, 0.6) is 5.75 Å². The summed E-state index contributed by atoms with van der Waals surface area (Å²) in [4.78, 5) is 37.8. The summed E-state index contributed by atoms with van der Waals surface area (Å²) in [6, 6.07) is 14.2. The van der Waals surface area contributed by atoms with E-state index in [-0.39, 0.29) is 37.4 Å². The molecule has 2 aromatic carbocycles. The molecule has 8 heteroatoms. The molecular formula is C21H22N4O4. The molecule has 0 aromatic heterocycles. The minimum atomic E-state index is -0.222. The van der Waals surface area contributed by atoms with E-state index >= 15 is 0 Å². The van der Waals surface area contributed by atoms with Gasteiger partial charge in [0.1, 0.15) is 5.75 Å². The smallest absolute Gasteiger partial charge is 0.319 e. The van der Waals surface area contributed by atoms with Gasteiger partial charge in [-0.25, -0.2) is 4.79 Å². The van der Waals surface area contributed by atoms with Gasteiger partial charge in [0.05, 0.1) is 5.69 Å². The molecule has 0 bridgehead atoms. The highest BCUT2D eigenvalue weighted by molar-refractivity contribution is 5.99. The Balaban J connectivity index is 1.28. The Morgan fingerprint density at radius 3 is 2.41 bits per heavy atom. The van der Waals surface area contributed by atoms with Gasteiger partial charge in [0.25, 0.3) is 5.91 Å². The van der Waals surface area contributed by atoms with Crippen LogP contribution >= 0.6 is 0 Å². The third-order valence-electron chi connectivity index (χ3n) is 4.71. The fourth-order valence-electron chi connectivity index (χ4n) is 3.05. The molecule has 1 saturated carbocycles. The zero-order valence-electron chi connectivity index (χ0n) is 15.8. The highest BCUT2D eigenvalue weighted by atomic mass is 16.5. The van der Waals surface area contributed by atoms with E-state index in [0.29, 0.717) is 28.9 Å². The lowest BCUT2D eigenvalue weighted by Gasteiger charge is -2.29. The van der Waals surface area contributed by atoms with E-state index in [0.717, 1.165) is 12.8 Å². The number of para-hydroxylation sites is 2. The predicted molar refractivity (Wildman–Crippen MR) is 109 cm³/mol. The van der Waals surface area contributed by atoms with Crippen LogP contribution in [-0.2, 0) is 9.59 Å². The van der Waals surface area contributed by atoms with Crippen LogP contribution in [0, 0.1) is 0 Å². The SMILES string of the molecule is O=C(CCN1C(=O)COc2ccccc21)Nc1ccc(NC(=O)NC2CC2)cc1. The molecule has 150 valence electrons. The van der Waals surface area contributed by atoms with Crippen molar-refractivity contribution >= 4 is 34.9 Å². The Labute approximate surface area is 168 Å². The highest BCUT2D eigenvalue weighted by Gasteiger charge is 2.25. The van der Waals surface area contributed by atoms with Gasteiger partial charge in [0, 0.05) is 30.4 Å². The monoisotopic (exact) mass is 394 g/mol. The Bertz CT molecular complexity index is 925. The van der Waals surface area contributed by atoms with Crippen molar-refractivity contribution in [1.82, 2.24) is 5.32 Å². The van der Waals surface area contributed by atoms with Crippen molar-refractivity contribution in [3.63, 3.8) is 0 Å². The standard InChI is InChI=1S/C21H22N4O4/c26-19(11-12-25-17-3-1-2-4-18(17)29-13-20(25)27)22-14-5-7-15(8-6-14)23-21(28)24-16-9-10-16/h1-8,16H,9-13H2,(H,22,26)(H2,23,24,28). The summed E-state index contributed by atoms with van der Waals surface area (Å²) >= 11 is 0. The second-order valence-electron chi connectivity index (χ2n) is 7.05. The number of hydrogen-bond acceptors (Lipinski definition) is 4. The van der Waals surface area contributed by atoms with Crippen molar-refractivity contribution < 1.29 is 19.1 Å². The molecule has 1 fully saturated rings. The molecule has 1 heterocycles. The molecule has 1 aliphatic heterocycles. The Hall–Kier alpha value is -3.55. The molecule has 2 aliphatic rings. The van der Waals surface area contributed by atoms with E-state index in [1.54, 1.807) is 41.3 Å². The number of anilines is 3. The first-order valence-corrected chi connectivity index (χ1v) is 9.58. The topological polar surface area (TPSA) is 99.8 Å². The van der Waals surface area contributed by atoms with E-state index in [9.17, 15) is 14.4 Å². The van der Waals surface area contributed by atoms with Crippen molar-refractivity contribution in [3.05, 3.63) is 48.5 Å². The van der Waals surface area contributed by atoms with Crippen LogP contribution in [0.4, 0.5) is 21.9 Å². The van der Waals surface area contributed by atoms with E-state index < -0.39 is 0 Å². The minimum absolute atomic E-state index is 0.0264. The molecule has 0 radical (unpaired) electrons. The molecule has 0 spiro atoms. The minimum Gasteiger partial charge on any atom is -0.482 e. The van der Waals surface area contributed by atoms with Crippen molar-refractivity contribution in [2.45, 2.75) is 25.3 Å². The molecule has 4 rings (SSSR count). The molecule has 0 atom stereocenters. The molecule has 29 heavy (non-hydrogen) atoms. The van der Waals surface area contributed by atoms with Crippen molar-refractivity contribution in [2.75, 3.05) is 28.7 Å². The number of nitrogens with one attached hydrogen (secondary N) is 3. The van der Waals surface area contributed by atoms with Crippen LogP contribution < -0.4 is 25.6 Å². The van der Waals surface area contributed by atoms with Gasteiger partial charge < -0.3 is 25.6 Å².